The molecule has 1 heteroatoms. The Morgan fingerprint density at radius 2 is 0.929 bits per heavy atom. The predicted molar refractivity (Wildman–Crippen MR) is 181 cm³/mol. The highest BCUT2D eigenvalue weighted by atomic mass is 15.0. The molecule has 1 heterocycles. The molecule has 0 bridgehead atoms. The van der Waals surface area contributed by atoms with Crippen molar-refractivity contribution in [3.63, 3.8) is 0 Å². The molecule has 196 valence electrons. The Morgan fingerprint density at radius 3 is 1.62 bits per heavy atom. The normalized spacial score (nSPS) is 11.9. The van der Waals surface area contributed by atoms with Gasteiger partial charge in [-0.25, -0.2) is 0 Å². The first-order valence-corrected chi connectivity index (χ1v) is 14.6. The Balaban J connectivity index is 1.38. The van der Waals surface area contributed by atoms with Crippen LogP contribution in [0.15, 0.2) is 146 Å². The van der Waals surface area contributed by atoms with Gasteiger partial charge in [-0.3, -0.25) is 0 Å². The van der Waals surface area contributed by atoms with Gasteiger partial charge in [0.15, 0.2) is 0 Å². The van der Waals surface area contributed by atoms with Crippen LogP contribution in [-0.4, -0.2) is 4.57 Å². The smallest absolute Gasteiger partial charge is 0.0541 e. The molecule has 0 aliphatic rings. The summed E-state index contributed by atoms with van der Waals surface area (Å²) in [5.41, 5.74) is 7.45. The van der Waals surface area contributed by atoms with Crippen molar-refractivity contribution in [2.24, 2.45) is 0 Å². The molecule has 0 N–H and O–H groups in total. The van der Waals surface area contributed by atoms with Crippen molar-refractivity contribution in [3.05, 3.63) is 151 Å². The first-order chi connectivity index (χ1) is 20.8. The number of aryl methyl sites for hydroxylation is 1. The van der Waals surface area contributed by atoms with Gasteiger partial charge < -0.3 is 4.57 Å². The van der Waals surface area contributed by atoms with E-state index in [9.17, 15) is 0 Å². The molecule has 0 spiro atoms. The van der Waals surface area contributed by atoms with Gasteiger partial charge in [0.05, 0.1) is 11.0 Å². The fourth-order valence-electron chi connectivity index (χ4n) is 7.17. The van der Waals surface area contributed by atoms with Crippen LogP contribution in [0, 0.1) is 6.92 Å². The van der Waals surface area contributed by atoms with Gasteiger partial charge in [0.1, 0.15) is 0 Å². The number of para-hydroxylation sites is 2. The van der Waals surface area contributed by atoms with Crippen LogP contribution in [0.25, 0.3) is 81.7 Å². The van der Waals surface area contributed by atoms with Crippen LogP contribution in [-0.2, 0) is 0 Å². The summed E-state index contributed by atoms with van der Waals surface area (Å²) >= 11 is 0. The Morgan fingerprint density at radius 1 is 0.405 bits per heavy atom. The molecular formula is C41H27N. The summed E-state index contributed by atoms with van der Waals surface area (Å²) in [6.07, 6.45) is 0. The number of benzene rings is 8. The van der Waals surface area contributed by atoms with Crippen LogP contribution in [0.3, 0.4) is 0 Å². The highest BCUT2D eigenvalue weighted by Gasteiger charge is 2.17. The first-order valence-electron chi connectivity index (χ1n) is 14.6. The highest BCUT2D eigenvalue weighted by Crippen LogP contribution is 2.44. The molecule has 0 aliphatic carbocycles. The lowest BCUT2D eigenvalue weighted by atomic mass is 9.86. The van der Waals surface area contributed by atoms with Gasteiger partial charge in [-0.2, -0.15) is 0 Å². The maximum Gasteiger partial charge on any atom is 0.0541 e. The van der Waals surface area contributed by atoms with E-state index in [0.29, 0.717) is 0 Å². The van der Waals surface area contributed by atoms with Gasteiger partial charge in [-0.15, -0.1) is 0 Å². The third-order valence-electron chi connectivity index (χ3n) is 9.00. The van der Waals surface area contributed by atoms with Crippen LogP contribution in [0.5, 0.6) is 0 Å². The van der Waals surface area contributed by atoms with Gasteiger partial charge in [0.25, 0.3) is 0 Å². The van der Waals surface area contributed by atoms with E-state index in [-0.39, 0.29) is 0 Å². The predicted octanol–water partition coefficient (Wildman–Crippen LogP) is 11.4. The zero-order valence-electron chi connectivity index (χ0n) is 23.3. The average Bonchev–Trinajstić information content (AvgIpc) is 3.38. The van der Waals surface area contributed by atoms with Crippen molar-refractivity contribution in [1.29, 1.82) is 0 Å². The summed E-state index contributed by atoms with van der Waals surface area (Å²) in [6.45, 7) is 2.20. The Labute approximate surface area is 243 Å². The average molecular weight is 534 g/mol. The summed E-state index contributed by atoms with van der Waals surface area (Å²) in [5.74, 6) is 0. The Kier molecular flexibility index (Phi) is 4.88. The van der Waals surface area contributed by atoms with Crippen LogP contribution >= 0.6 is 0 Å². The van der Waals surface area contributed by atoms with E-state index in [0.717, 1.165) is 0 Å². The molecule has 0 aliphatic heterocycles. The summed E-state index contributed by atoms with van der Waals surface area (Å²) < 4.78 is 2.39. The molecule has 0 saturated heterocycles. The number of nitrogens with zero attached hydrogens (tertiary/aromatic N) is 1. The summed E-state index contributed by atoms with van der Waals surface area (Å²) in [4.78, 5) is 0. The third kappa shape index (κ3) is 3.25. The number of hydrogen-bond acceptors (Lipinski definition) is 0. The van der Waals surface area contributed by atoms with Crippen LogP contribution in [0.1, 0.15) is 5.56 Å². The maximum atomic E-state index is 2.39. The minimum absolute atomic E-state index is 1.17. The van der Waals surface area contributed by atoms with Crippen LogP contribution in [0.4, 0.5) is 0 Å². The second-order valence-electron chi connectivity index (χ2n) is 11.4. The number of fused-ring (bicyclic) bond motifs is 10. The van der Waals surface area contributed by atoms with E-state index in [4.69, 9.17) is 0 Å². The van der Waals surface area contributed by atoms with Crippen molar-refractivity contribution in [2.75, 3.05) is 0 Å². The van der Waals surface area contributed by atoms with E-state index in [1.165, 1.54) is 87.3 Å². The van der Waals surface area contributed by atoms with Gasteiger partial charge in [-0.1, -0.05) is 121 Å². The monoisotopic (exact) mass is 533 g/mol. The molecule has 8 aromatic carbocycles. The molecule has 42 heavy (non-hydrogen) atoms. The molecule has 0 amide bonds. The van der Waals surface area contributed by atoms with Crippen molar-refractivity contribution >= 4 is 64.9 Å². The summed E-state index contributed by atoms with van der Waals surface area (Å²) in [6, 6.07) is 53.6. The maximum absolute atomic E-state index is 2.39. The molecule has 0 saturated carbocycles. The van der Waals surface area contributed by atoms with Crippen molar-refractivity contribution in [2.45, 2.75) is 6.92 Å². The highest BCUT2D eigenvalue weighted by molar-refractivity contribution is 6.32. The molecule has 0 fully saturated rings. The minimum Gasteiger partial charge on any atom is -0.309 e. The lowest BCUT2D eigenvalue weighted by Gasteiger charge is -2.18. The van der Waals surface area contributed by atoms with E-state index >= 15 is 0 Å². The van der Waals surface area contributed by atoms with Gasteiger partial charge >= 0.3 is 0 Å². The molecule has 1 aromatic heterocycles. The fraction of sp³-hybridized carbons (Fsp3) is 0.0244. The number of aromatic nitrogens is 1. The zero-order valence-corrected chi connectivity index (χ0v) is 23.3. The summed E-state index contributed by atoms with van der Waals surface area (Å²) in [5, 5.41) is 13.0. The van der Waals surface area contributed by atoms with Crippen molar-refractivity contribution in [1.82, 2.24) is 4.57 Å². The summed E-state index contributed by atoms with van der Waals surface area (Å²) in [7, 11) is 0. The minimum atomic E-state index is 1.17. The molecular weight excluding hydrogens is 506 g/mol. The molecule has 0 atom stereocenters. The number of rotatable bonds is 2. The van der Waals surface area contributed by atoms with Gasteiger partial charge in [0, 0.05) is 16.5 Å². The van der Waals surface area contributed by atoms with Gasteiger partial charge in [-0.05, 0) is 91.5 Å². The Hall–Kier alpha value is -5.40. The van der Waals surface area contributed by atoms with Crippen LogP contribution in [0.2, 0.25) is 0 Å². The van der Waals surface area contributed by atoms with E-state index < -0.39 is 0 Å². The second-order valence-corrected chi connectivity index (χ2v) is 11.4. The second kappa shape index (κ2) is 8.80. The van der Waals surface area contributed by atoms with Gasteiger partial charge in [0.2, 0.25) is 0 Å². The first kappa shape index (κ1) is 23.3. The largest absolute Gasteiger partial charge is 0.309 e. The topological polar surface area (TPSA) is 4.93 Å². The number of hydrogen-bond donors (Lipinski definition) is 0. The van der Waals surface area contributed by atoms with E-state index in [1.54, 1.807) is 0 Å². The zero-order chi connectivity index (χ0) is 27.8. The van der Waals surface area contributed by atoms with Crippen molar-refractivity contribution < 1.29 is 0 Å². The fourth-order valence-corrected chi connectivity index (χ4v) is 7.17. The lowest BCUT2D eigenvalue weighted by Crippen LogP contribution is -1.94. The molecule has 9 aromatic rings. The molecule has 9 rings (SSSR count). The van der Waals surface area contributed by atoms with Crippen molar-refractivity contribution in [3.8, 4) is 16.8 Å². The van der Waals surface area contributed by atoms with E-state index in [2.05, 4.69) is 157 Å². The molecule has 0 unspecified atom stereocenters. The van der Waals surface area contributed by atoms with Crippen LogP contribution < -0.4 is 0 Å². The standard InChI is InChI=1S/C41H27N/c1-26-18-23-33-31-12-4-5-13-32(31)37-25-28-10-2-3-11-30(28)40(41(37)36(33)24-26)27-19-21-29(22-20-27)42-38-16-8-6-14-34(38)35-15-7-9-17-39(35)42/h2-25H,1H3. The SMILES string of the molecule is Cc1ccc2c3ccccc3c3cc4ccccc4c(-c4ccc(-n5c6ccccc6c6ccccc65)cc4)c3c2c1. The quantitative estimate of drug-likeness (QED) is 0.154. The van der Waals surface area contributed by atoms with E-state index in [1.807, 2.05) is 0 Å². The third-order valence-corrected chi connectivity index (χ3v) is 9.00. The Bertz CT molecular complexity index is 2460. The molecule has 0 radical (unpaired) electrons. The molecule has 1 nitrogen and oxygen atoms in total. The lowest BCUT2D eigenvalue weighted by molar-refractivity contribution is 1.18.